The molecule has 0 saturated heterocycles. The fourth-order valence-electron chi connectivity index (χ4n) is 7.00. The number of benzene rings is 7. The van der Waals surface area contributed by atoms with Crippen LogP contribution in [-0.4, -0.2) is 40.7 Å². The van der Waals surface area contributed by atoms with E-state index in [0.717, 1.165) is 16.2 Å². The molecule has 0 bridgehead atoms. The number of hydrogen-bond donors (Lipinski definition) is 7. The normalized spacial score (nSPS) is 11.6. The molecule has 8 rings (SSSR count). The summed E-state index contributed by atoms with van der Waals surface area (Å²) in [6.07, 6.45) is 1.45. The zero-order valence-electron chi connectivity index (χ0n) is 25.4. The van der Waals surface area contributed by atoms with Gasteiger partial charge in [-0.2, -0.15) is 0 Å². The third-order valence-corrected chi connectivity index (χ3v) is 9.23. The van der Waals surface area contributed by atoms with Crippen LogP contribution in [0.5, 0.6) is 40.2 Å². The molecule has 1 heterocycles. The smallest absolute Gasteiger partial charge is 0.171 e. The summed E-state index contributed by atoms with van der Waals surface area (Å²) in [6, 6.07) is 28.5. The Bertz CT molecular complexity index is 2350. The minimum atomic E-state index is -0.709. The Labute approximate surface area is 273 Å². The molecule has 0 aliphatic rings. The third kappa shape index (κ3) is 3.93. The van der Waals surface area contributed by atoms with E-state index in [1.807, 2.05) is 48.5 Å². The summed E-state index contributed by atoms with van der Waals surface area (Å²) < 4.78 is 0. The van der Waals surface area contributed by atoms with E-state index < -0.39 is 34.5 Å². The summed E-state index contributed by atoms with van der Waals surface area (Å²) in [6.45, 7) is 1.64. The van der Waals surface area contributed by atoms with E-state index in [-0.39, 0.29) is 44.8 Å². The molecule has 8 heteroatoms. The molecule has 0 aliphatic heterocycles. The molecule has 0 aliphatic carbocycles. The minimum absolute atomic E-state index is 0.0682. The van der Waals surface area contributed by atoms with Gasteiger partial charge in [-0.05, 0) is 74.1 Å². The molecule has 234 valence electrons. The van der Waals surface area contributed by atoms with E-state index in [0.29, 0.717) is 27.3 Å². The lowest BCUT2D eigenvalue weighted by Gasteiger charge is -2.22. The number of aromatic nitrogens is 1. The van der Waals surface area contributed by atoms with Gasteiger partial charge in [-0.15, -0.1) is 0 Å². The number of phenolic OH excluding ortho intramolecular Hbond substituents is 7. The predicted molar refractivity (Wildman–Crippen MR) is 186 cm³/mol. The van der Waals surface area contributed by atoms with Crippen molar-refractivity contribution in [1.29, 1.82) is 0 Å². The van der Waals surface area contributed by atoms with Crippen LogP contribution in [0, 0.1) is 6.92 Å². The zero-order chi connectivity index (χ0) is 33.4. The summed E-state index contributed by atoms with van der Waals surface area (Å²) >= 11 is 0. The Morgan fingerprint density at radius 1 is 0.438 bits per heavy atom. The van der Waals surface area contributed by atoms with Crippen LogP contribution in [0.2, 0.25) is 0 Å². The molecule has 1 aromatic heterocycles. The van der Waals surface area contributed by atoms with E-state index in [9.17, 15) is 35.7 Å². The number of phenols is 7. The largest absolute Gasteiger partial charge is 0.507 e. The summed E-state index contributed by atoms with van der Waals surface area (Å²) in [5.74, 6) is -4.09. The summed E-state index contributed by atoms with van der Waals surface area (Å²) in [5, 5.41) is 84.8. The van der Waals surface area contributed by atoms with Gasteiger partial charge in [0.05, 0.1) is 22.4 Å². The van der Waals surface area contributed by atoms with Crippen molar-refractivity contribution in [1.82, 2.24) is 4.98 Å². The van der Waals surface area contributed by atoms with E-state index in [1.54, 1.807) is 49.4 Å². The Hall–Kier alpha value is -6.67. The Kier molecular flexibility index (Phi) is 6.25. The first-order chi connectivity index (χ1) is 23.2. The van der Waals surface area contributed by atoms with Crippen molar-refractivity contribution in [3.05, 3.63) is 109 Å². The van der Waals surface area contributed by atoms with Gasteiger partial charge in [0.2, 0.25) is 0 Å². The van der Waals surface area contributed by atoms with Gasteiger partial charge in [0.25, 0.3) is 0 Å². The second kappa shape index (κ2) is 10.4. The molecule has 0 radical (unpaired) electrons. The fraction of sp³-hybridized carbons (Fsp3) is 0.0250. The molecule has 7 N–H and O–H groups in total. The van der Waals surface area contributed by atoms with Crippen LogP contribution in [-0.2, 0) is 0 Å². The molecule has 8 aromatic rings. The van der Waals surface area contributed by atoms with Crippen LogP contribution in [0.1, 0.15) is 5.56 Å². The highest BCUT2D eigenvalue weighted by atomic mass is 16.3. The molecule has 0 amide bonds. The van der Waals surface area contributed by atoms with Gasteiger partial charge in [-0.25, -0.2) is 0 Å². The van der Waals surface area contributed by atoms with Gasteiger partial charge in [-0.1, -0.05) is 78.9 Å². The minimum Gasteiger partial charge on any atom is -0.507 e. The standard InChI is InChI=1S/C40H27NO7/c1-19-28(20-8-3-2-4-9-20)35(43)36(44)31(34(19)42)25-18-26(24-16-14-22-11-7-10-21-13-15-23(25)30(24)29(21)22)32-37(45)39(47)33(40(48)38(32)46)27-12-5-6-17-41-27/h2-18,42-48H,1H3. The molecular formula is C40H27NO7. The molecule has 0 spiro atoms. The number of aromatic hydroxyl groups is 7. The van der Waals surface area contributed by atoms with Gasteiger partial charge >= 0.3 is 0 Å². The highest BCUT2D eigenvalue weighted by Gasteiger charge is 2.30. The average Bonchev–Trinajstić information content (AvgIpc) is 3.11. The van der Waals surface area contributed by atoms with Crippen molar-refractivity contribution >= 4 is 32.3 Å². The van der Waals surface area contributed by atoms with E-state index >= 15 is 0 Å². The number of rotatable bonds is 4. The Morgan fingerprint density at radius 3 is 1.52 bits per heavy atom. The third-order valence-electron chi connectivity index (χ3n) is 9.23. The second-order valence-electron chi connectivity index (χ2n) is 11.8. The van der Waals surface area contributed by atoms with Gasteiger partial charge in [-0.3, -0.25) is 4.98 Å². The fourth-order valence-corrected chi connectivity index (χ4v) is 7.00. The highest BCUT2D eigenvalue weighted by molar-refractivity contribution is 6.29. The Balaban J connectivity index is 1.52. The van der Waals surface area contributed by atoms with Gasteiger partial charge in [0.1, 0.15) is 5.75 Å². The quantitative estimate of drug-likeness (QED) is 0.0576. The molecule has 0 atom stereocenters. The van der Waals surface area contributed by atoms with Crippen molar-refractivity contribution in [3.8, 4) is 84.9 Å². The molecule has 0 fully saturated rings. The second-order valence-corrected chi connectivity index (χ2v) is 11.8. The molecule has 7 aromatic carbocycles. The Morgan fingerprint density at radius 2 is 0.958 bits per heavy atom. The van der Waals surface area contributed by atoms with Crippen LogP contribution in [0.15, 0.2) is 103 Å². The van der Waals surface area contributed by atoms with Crippen molar-refractivity contribution < 1.29 is 35.7 Å². The SMILES string of the molecule is Cc1c(O)c(-c2cc(-c3c(O)c(O)c(-c4ccccn4)c(O)c3O)c3ccc4cccc5ccc2c3c54)c(O)c(O)c1-c1ccccc1. The van der Waals surface area contributed by atoms with Crippen LogP contribution in [0.25, 0.3) is 77.0 Å². The van der Waals surface area contributed by atoms with Crippen molar-refractivity contribution in [2.24, 2.45) is 0 Å². The lowest BCUT2D eigenvalue weighted by molar-refractivity contribution is 0.378. The molecule has 0 saturated carbocycles. The molecule has 48 heavy (non-hydrogen) atoms. The lowest BCUT2D eigenvalue weighted by Crippen LogP contribution is -1.95. The average molecular weight is 634 g/mol. The summed E-state index contributed by atoms with van der Waals surface area (Å²) in [4.78, 5) is 4.16. The van der Waals surface area contributed by atoms with E-state index in [1.165, 1.54) is 12.3 Å². The molecular weight excluding hydrogens is 606 g/mol. The van der Waals surface area contributed by atoms with Gasteiger partial charge in [0.15, 0.2) is 34.5 Å². The number of pyridine rings is 1. The van der Waals surface area contributed by atoms with E-state index in [4.69, 9.17) is 0 Å². The lowest BCUT2D eigenvalue weighted by atomic mass is 9.83. The van der Waals surface area contributed by atoms with Crippen LogP contribution in [0.4, 0.5) is 0 Å². The maximum atomic E-state index is 11.8. The highest BCUT2D eigenvalue weighted by Crippen LogP contribution is 2.59. The monoisotopic (exact) mass is 633 g/mol. The van der Waals surface area contributed by atoms with Crippen LogP contribution < -0.4 is 0 Å². The van der Waals surface area contributed by atoms with E-state index in [2.05, 4.69) is 4.98 Å². The first-order valence-corrected chi connectivity index (χ1v) is 15.1. The van der Waals surface area contributed by atoms with Crippen LogP contribution in [0.3, 0.4) is 0 Å². The van der Waals surface area contributed by atoms with Gasteiger partial charge < -0.3 is 35.7 Å². The first-order valence-electron chi connectivity index (χ1n) is 15.1. The zero-order valence-corrected chi connectivity index (χ0v) is 25.4. The van der Waals surface area contributed by atoms with Crippen molar-refractivity contribution in [3.63, 3.8) is 0 Å². The molecule has 0 unspecified atom stereocenters. The topological polar surface area (TPSA) is 154 Å². The number of nitrogens with zero attached hydrogens (tertiary/aromatic N) is 1. The summed E-state index contributed by atoms with van der Waals surface area (Å²) in [5.41, 5.74) is 1.17. The van der Waals surface area contributed by atoms with Crippen molar-refractivity contribution in [2.75, 3.05) is 0 Å². The number of hydrogen-bond acceptors (Lipinski definition) is 8. The predicted octanol–water partition coefficient (Wildman–Crippen LogP) is 8.89. The van der Waals surface area contributed by atoms with Crippen molar-refractivity contribution in [2.45, 2.75) is 6.92 Å². The maximum Gasteiger partial charge on any atom is 0.171 e. The molecule has 8 nitrogen and oxygen atoms in total. The van der Waals surface area contributed by atoms with Crippen LogP contribution >= 0.6 is 0 Å². The summed E-state index contributed by atoms with van der Waals surface area (Å²) in [7, 11) is 0. The van der Waals surface area contributed by atoms with Gasteiger partial charge in [0, 0.05) is 17.3 Å². The first kappa shape index (κ1) is 28.8. The maximum absolute atomic E-state index is 11.8.